The Labute approximate surface area is 96.6 Å². The maximum Gasteiger partial charge on any atom is 0.147 e. The first-order chi connectivity index (χ1) is 7.79. The van der Waals surface area contributed by atoms with Crippen LogP contribution in [0, 0.1) is 0 Å². The van der Waals surface area contributed by atoms with Crippen molar-refractivity contribution < 1.29 is 0 Å². The van der Waals surface area contributed by atoms with Crippen LogP contribution in [0.25, 0.3) is 0 Å². The van der Waals surface area contributed by atoms with Crippen molar-refractivity contribution in [1.82, 2.24) is 19.7 Å². The highest BCUT2D eigenvalue weighted by Crippen LogP contribution is 2.10. The number of rotatable bonds is 5. The Hall–Kier alpha value is -0.940. The number of aromatic nitrogens is 3. The van der Waals surface area contributed by atoms with Gasteiger partial charge >= 0.3 is 0 Å². The Morgan fingerprint density at radius 2 is 2.38 bits per heavy atom. The summed E-state index contributed by atoms with van der Waals surface area (Å²) in [7, 11) is 0. The van der Waals surface area contributed by atoms with Gasteiger partial charge in [-0.1, -0.05) is 19.8 Å². The van der Waals surface area contributed by atoms with Gasteiger partial charge in [-0.05, 0) is 6.42 Å². The fourth-order valence-corrected chi connectivity index (χ4v) is 2.16. The lowest BCUT2D eigenvalue weighted by Gasteiger charge is -2.29. The van der Waals surface area contributed by atoms with Crippen LogP contribution < -0.4 is 5.73 Å². The van der Waals surface area contributed by atoms with Gasteiger partial charge in [0.2, 0.25) is 0 Å². The van der Waals surface area contributed by atoms with Crippen LogP contribution in [0.2, 0.25) is 0 Å². The quantitative estimate of drug-likeness (QED) is 0.794. The Morgan fingerprint density at radius 3 is 3.19 bits per heavy atom. The second-order valence-electron chi connectivity index (χ2n) is 4.58. The van der Waals surface area contributed by atoms with Crippen LogP contribution in [0.15, 0.2) is 6.33 Å². The van der Waals surface area contributed by atoms with Gasteiger partial charge in [-0.2, -0.15) is 0 Å². The number of nitrogens with zero attached hydrogens (tertiary/aromatic N) is 4. The van der Waals surface area contributed by atoms with Crippen LogP contribution in [0.5, 0.6) is 0 Å². The van der Waals surface area contributed by atoms with E-state index in [1.165, 1.54) is 12.8 Å². The molecule has 0 amide bonds. The molecule has 2 heterocycles. The molecule has 0 bridgehead atoms. The lowest BCUT2D eigenvalue weighted by molar-refractivity contribution is 0.201. The zero-order valence-electron chi connectivity index (χ0n) is 9.97. The van der Waals surface area contributed by atoms with Gasteiger partial charge in [-0.3, -0.25) is 4.90 Å². The molecular formula is C11H21N5. The zero-order valence-corrected chi connectivity index (χ0v) is 9.97. The van der Waals surface area contributed by atoms with Crippen LogP contribution in [0.1, 0.15) is 32.0 Å². The molecule has 0 radical (unpaired) electrons. The van der Waals surface area contributed by atoms with E-state index in [9.17, 15) is 0 Å². The molecule has 16 heavy (non-hydrogen) atoms. The van der Waals surface area contributed by atoms with Crippen LogP contribution in [-0.4, -0.2) is 38.8 Å². The Balaban J connectivity index is 1.80. The molecule has 90 valence electrons. The van der Waals surface area contributed by atoms with Crippen molar-refractivity contribution >= 4 is 0 Å². The van der Waals surface area contributed by atoms with Gasteiger partial charge in [0.05, 0.1) is 6.54 Å². The first-order valence-electron chi connectivity index (χ1n) is 6.14. The van der Waals surface area contributed by atoms with Gasteiger partial charge in [0.1, 0.15) is 12.2 Å². The van der Waals surface area contributed by atoms with Gasteiger partial charge in [-0.25, -0.2) is 0 Å². The average molecular weight is 223 g/mol. The summed E-state index contributed by atoms with van der Waals surface area (Å²) in [4.78, 5) is 2.38. The number of nitrogens with two attached hydrogens (primary N) is 1. The summed E-state index contributed by atoms with van der Waals surface area (Å²) in [5, 5.41) is 8.03. The topological polar surface area (TPSA) is 60.0 Å². The molecule has 1 aliphatic rings. The summed E-state index contributed by atoms with van der Waals surface area (Å²) in [5.41, 5.74) is 6.10. The fraction of sp³-hybridized carbons (Fsp3) is 0.818. The van der Waals surface area contributed by atoms with Crippen molar-refractivity contribution in [1.29, 1.82) is 0 Å². The van der Waals surface area contributed by atoms with Gasteiger partial charge in [0, 0.05) is 25.7 Å². The SMILES string of the molecule is CCCCC(N)CN1CCn2cnnc2C1. The predicted molar refractivity (Wildman–Crippen MR) is 62.8 cm³/mol. The molecule has 5 heteroatoms. The summed E-state index contributed by atoms with van der Waals surface area (Å²) in [5.74, 6) is 1.06. The number of unbranched alkanes of at least 4 members (excludes halogenated alkanes) is 1. The smallest absolute Gasteiger partial charge is 0.147 e. The highest BCUT2D eigenvalue weighted by atomic mass is 15.3. The molecule has 1 unspecified atom stereocenters. The minimum atomic E-state index is 0.300. The van der Waals surface area contributed by atoms with Crippen LogP contribution in [-0.2, 0) is 13.1 Å². The van der Waals surface area contributed by atoms with Gasteiger partial charge in [0.25, 0.3) is 0 Å². The maximum atomic E-state index is 6.10. The molecule has 1 atom stereocenters. The summed E-state index contributed by atoms with van der Waals surface area (Å²) >= 11 is 0. The Bertz CT molecular complexity index is 322. The number of hydrogen-bond acceptors (Lipinski definition) is 4. The van der Waals surface area contributed by atoms with E-state index < -0.39 is 0 Å². The van der Waals surface area contributed by atoms with Crippen LogP contribution in [0.3, 0.4) is 0 Å². The highest BCUT2D eigenvalue weighted by Gasteiger charge is 2.18. The molecule has 0 saturated carbocycles. The van der Waals surface area contributed by atoms with Crippen molar-refractivity contribution in [2.24, 2.45) is 5.73 Å². The lowest BCUT2D eigenvalue weighted by Crippen LogP contribution is -2.41. The minimum Gasteiger partial charge on any atom is -0.327 e. The Kier molecular flexibility index (Phi) is 3.90. The third kappa shape index (κ3) is 2.80. The number of hydrogen-bond donors (Lipinski definition) is 1. The molecule has 1 aromatic rings. The summed E-state index contributed by atoms with van der Waals surface area (Å²) in [6, 6.07) is 0.300. The van der Waals surface area contributed by atoms with E-state index in [0.29, 0.717) is 6.04 Å². The van der Waals surface area contributed by atoms with Crippen LogP contribution >= 0.6 is 0 Å². The normalized spacial score (nSPS) is 18.4. The molecule has 5 nitrogen and oxygen atoms in total. The molecule has 2 rings (SSSR count). The first-order valence-corrected chi connectivity index (χ1v) is 6.14. The zero-order chi connectivity index (χ0) is 11.4. The molecular weight excluding hydrogens is 202 g/mol. The van der Waals surface area contributed by atoms with E-state index in [4.69, 9.17) is 5.73 Å². The van der Waals surface area contributed by atoms with E-state index in [0.717, 1.165) is 38.4 Å². The minimum absolute atomic E-state index is 0.300. The molecule has 2 N–H and O–H groups in total. The average Bonchev–Trinajstić information content (AvgIpc) is 2.73. The van der Waals surface area contributed by atoms with E-state index in [1.807, 2.05) is 6.33 Å². The van der Waals surface area contributed by atoms with Crippen molar-refractivity contribution in [3.63, 3.8) is 0 Å². The second kappa shape index (κ2) is 5.41. The van der Waals surface area contributed by atoms with E-state index in [-0.39, 0.29) is 0 Å². The third-order valence-electron chi connectivity index (χ3n) is 3.14. The lowest BCUT2D eigenvalue weighted by atomic mass is 10.1. The van der Waals surface area contributed by atoms with Gasteiger partial charge in [-0.15, -0.1) is 10.2 Å². The van der Waals surface area contributed by atoms with Crippen LogP contribution in [0.4, 0.5) is 0 Å². The molecule has 0 fully saturated rings. The van der Waals surface area contributed by atoms with E-state index in [2.05, 4.69) is 26.6 Å². The molecule has 0 aromatic carbocycles. The standard InChI is InChI=1S/C11H21N5/c1-2-3-4-10(12)7-15-5-6-16-9-13-14-11(16)8-15/h9-10H,2-8,12H2,1H3. The van der Waals surface area contributed by atoms with Gasteiger partial charge < -0.3 is 10.3 Å². The van der Waals surface area contributed by atoms with Crippen molar-refractivity contribution in [2.75, 3.05) is 13.1 Å². The summed E-state index contributed by atoms with van der Waals surface area (Å²) in [6.07, 6.45) is 5.39. The van der Waals surface area contributed by atoms with Crippen molar-refractivity contribution in [2.45, 2.75) is 45.3 Å². The monoisotopic (exact) mass is 223 g/mol. The van der Waals surface area contributed by atoms with Gasteiger partial charge in [0.15, 0.2) is 0 Å². The largest absolute Gasteiger partial charge is 0.327 e. The molecule has 1 aromatic heterocycles. The van der Waals surface area contributed by atoms with E-state index >= 15 is 0 Å². The maximum absolute atomic E-state index is 6.10. The molecule has 0 aliphatic carbocycles. The van der Waals surface area contributed by atoms with Crippen molar-refractivity contribution in [3.8, 4) is 0 Å². The molecule has 0 spiro atoms. The fourth-order valence-electron chi connectivity index (χ4n) is 2.16. The Morgan fingerprint density at radius 1 is 1.50 bits per heavy atom. The highest BCUT2D eigenvalue weighted by molar-refractivity contribution is 4.90. The molecule has 1 aliphatic heterocycles. The summed E-state index contributed by atoms with van der Waals surface area (Å²) in [6.45, 7) is 6.12. The number of fused-ring (bicyclic) bond motifs is 1. The predicted octanol–water partition coefficient (Wildman–Crippen LogP) is 0.611. The summed E-state index contributed by atoms with van der Waals surface area (Å²) < 4.78 is 2.12. The third-order valence-corrected chi connectivity index (χ3v) is 3.14. The van der Waals surface area contributed by atoms with E-state index in [1.54, 1.807) is 0 Å². The first kappa shape index (κ1) is 11.5. The second-order valence-corrected chi connectivity index (χ2v) is 4.58. The molecule has 0 saturated heterocycles. The van der Waals surface area contributed by atoms with Crippen molar-refractivity contribution in [3.05, 3.63) is 12.2 Å².